The van der Waals surface area contributed by atoms with Gasteiger partial charge in [0.1, 0.15) is 24.4 Å². The summed E-state index contributed by atoms with van der Waals surface area (Å²) in [6, 6.07) is 12.7. The summed E-state index contributed by atoms with van der Waals surface area (Å²) < 4.78 is 11.2. The normalized spacial score (nSPS) is 21.4. The lowest BCUT2D eigenvalue weighted by molar-refractivity contribution is -0.132. The average Bonchev–Trinajstić information content (AvgIpc) is 3.01. The molecule has 11 heteroatoms. The van der Waals surface area contributed by atoms with Gasteiger partial charge in [-0.3, -0.25) is 24.1 Å². The van der Waals surface area contributed by atoms with Crippen LogP contribution in [0.4, 0.5) is 0 Å². The van der Waals surface area contributed by atoms with Crippen molar-refractivity contribution in [1.82, 2.24) is 26.2 Å². The van der Waals surface area contributed by atoms with Crippen LogP contribution >= 0.6 is 0 Å². The van der Waals surface area contributed by atoms with Crippen molar-refractivity contribution in [1.29, 1.82) is 0 Å². The van der Waals surface area contributed by atoms with Gasteiger partial charge in [-0.25, -0.2) is 0 Å². The van der Waals surface area contributed by atoms with Crippen molar-refractivity contribution in [2.45, 2.75) is 51.9 Å². The SMILES string of the molecule is CC[C@H](C)[C@@H]1NC(=O)C[C@@H](C(=O)NCc2ccc(CN3CCOCC3)cc2)NC(=O)c2ccccc2OCCNC1=O. The molecule has 4 N–H and O–H groups in total. The van der Waals surface area contributed by atoms with Gasteiger partial charge in [0.15, 0.2) is 0 Å². The number of carbonyl (C=O) groups excluding carboxylic acids is 4. The second kappa shape index (κ2) is 15.3. The molecule has 0 bridgehead atoms. The fraction of sp³-hybridized carbons (Fsp3) is 0.484. The van der Waals surface area contributed by atoms with Crippen molar-refractivity contribution in [3.63, 3.8) is 0 Å². The second-order valence-corrected chi connectivity index (χ2v) is 10.7. The summed E-state index contributed by atoms with van der Waals surface area (Å²) in [5.41, 5.74) is 2.29. The molecule has 1 saturated heterocycles. The Morgan fingerprint density at radius 3 is 2.45 bits per heavy atom. The van der Waals surface area contributed by atoms with Crippen molar-refractivity contribution < 1.29 is 28.7 Å². The lowest BCUT2D eigenvalue weighted by Crippen LogP contribution is -2.54. The van der Waals surface area contributed by atoms with Gasteiger partial charge < -0.3 is 30.7 Å². The van der Waals surface area contributed by atoms with Gasteiger partial charge in [-0.05, 0) is 29.2 Å². The van der Waals surface area contributed by atoms with Gasteiger partial charge in [0.25, 0.3) is 5.91 Å². The Labute approximate surface area is 246 Å². The van der Waals surface area contributed by atoms with Crippen molar-refractivity contribution >= 4 is 23.6 Å². The molecular weight excluding hydrogens is 538 g/mol. The molecule has 2 aliphatic rings. The minimum Gasteiger partial charge on any atom is -0.491 e. The predicted octanol–water partition coefficient (Wildman–Crippen LogP) is 1.36. The molecular formula is C31H41N5O6. The van der Waals surface area contributed by atoms with Crippen molar-refractivity contribution in [3.05, 3.63) is 65.2 Å². The molecule has 0 saturated carbocycles. The zero-order valence-electron chi connectivity index (χ0n) is 24.3. The van der Waals surface area contributed by atoms with E-state index < -0.39 is 29.8 Å². The summed E-state index contributed by atoms with van der Waals surface area (Å²) in [5, 5.41) is 11.1. The van der Waals surface area contributed by atoms with Crippen LogP contribution in [0.1, 0.15) is 48.2 Å². The minimum atomic E-state index is -1.17. The quantitative estimate of drug-likeness (QED) is 0.389. The number of rotatable bonds is 7. The molecule has 0 aromatic heterocycles. The summed E-state index contributed by atoms with van der Waals surface area (Å²) >= 11 is 0. The van der Waals surface area contributed by atoms with E-state index in [9.17, 15) is 19.2 Å². The molecule has 2 heterocycles. The van der Waals surface area contributed by atoms with Gasteiger partial charge in [0.2, 0.25) is 17.7 Å². The number of morpholine rings is 1. The monoisotopic (exact) mass is 579 g/mol. The van der Waals surface area contributed by atoms with E-state index in [0.29, 0.717) is 12.2 Å². The van der Waals surface area contributed by atoms with Crippen molar-refractivity contribution in [3.8, 4) is 5.75 Å². The van der Waals surface area contributed by atoms with Crippen molar-refractivity contribution in [2.75, 3.05) is 39.5 Å². The molecule has 3 atom stereocenters. The van der Waals surface area contributed by atoms with Crippen LogP contribution < -0.4 is 26.0 Å². The van der Waals surface area contributed by atoms with Gasteiger partial charge in [0.05, 0.1) is 31.7 Å². The van der Waals surface area contributed by atoms with E-state index in [2.05, 4.69) is 26.2 Å². The highest BCUT2D eigenvalue weighted by atomic mass is 16.5. The first kappa shape index (κ1) is 31.0. The minimum absolute atomic E-state index is 0.131. The largest absolute Gasteiger partial charge is 0.491 e. The summed E-state index contributed by atoms with van der Waals surface area (Å²) in [6.07, 6.45) is 0.327. The first-order chi connectivity index (χ1) is 20.3. The fourth-order valence-electron chi connectivity index (χ4n) is 4.88. The molecule has 2 aromatic rings. The second-order valence-electron chi connectivity index (χ2n) is 10.7. The fourth-order valence-corrected chi connectivity index (χ4v) is 4.88. The van der Waals surface area contributed by atoms with E-state index in [1.54, 1.807) is 24.3 Å². The van der Waals surface area contributed by atoms with Crippen LogP contribution in [0.15, 0.2) is 48.5 Å². The zero-order valence-corrected chi connectivity index (χ0v) is 24.3. The Hall–Kier alpha value is -3.96. The number of ether oxygens (including phenoxy) is 2. The molecule has 226 valence electrons. The molecule has 42 heavy (non-hydrogen) atoms. The molecule has 4 rings (SSSR count). The number of benzene rings is 2. The Balaban J connectivity index is 1.46. The Bertz CT molecular complexity index is 1230. The third-order valence-electron chi connectivity index (χ3n) is 7.61. The highest BCUT2D eigenvalue weighted by Crippen LogP contribution is 2.19. The third-order valence-corrected chi connectivity index (χ3v) is 7.61. The predicted molar refractivity (Wildman–Crippen MR) is 157 cm³/mol. The number of nitrogens with zero attached hydrogens (tertiary/aromatic N) is 1. The standard InChI is InChI=1S/C31H41N5O6/c1-3-21(2)28-31(40)32-12-15-42-26-7-5-4-6-24(26)29(38)34-25(18-27(37)35-28)30(39)33-19-22-8-10-23(11-9-22)20-36-13-16-41-17-14-36/h4-11,21,25,28H,3,12-20H2,1-2H3,(H,32,40)(H,33,39)(H,34,38)(H,35,37)/t21-,25-,28-/m0/s1. The van der Waals surface area contributed by atoms with Gasteiger partial charge >= 0.3 is 0 Å². The molecule has 0 aliphatic carbocycles. The Kier molecular flexibility index (Phi) is 11.3. The van der Waals surface area contributed by atoms with Crippen LogP contribution in [0.2, 0.25) is 0 Å². The van der Waals surface area contributed by atoms with Gasteiger partial charge in [-0.15, -0.1) is 0 Å². The molecule has 4 amide bonds. The number of amides is 4. The van der Waals surface area contributed by atoms with Crippen molar-refractivity contribution in [2.24, 2.45) is 5.92 Å². The van der Waals surface area contributed by atoms with Crippen LogP contribution in [-0.2, 0) is 32.2 Å². The van der Waals surface area contributed by atoms with E-state index in [1.807, 2.05) is 38.1 Å². The molecule has 0 unspecified atom stereocenters. The average molecular weight is 580 g/mol. The van der Waals surface area contributed by atoms with Crippen LogP contribution in [0.3, 0.4) is 0 Å². The third kappa shape index (κ3) is 8.77. The van der Waals surface area contributed by atoms with E-state index in [1.165, 1.54) is 5.56 Å². The lowest BCUT2D eigenvalue weighted by atomic mass is 9.97. The van der Waals surface area contributed by atoms with Crippen LogP contribution in [0.5, 0.6) is 5.75 Å². The Morgan fingerprint density at radius 2 is 1.71 bits per heavy atom. The van der Waals surface area contributed by atoms with Crippen LogP contribution in [-0.4, -0.2) is 80.1 Å². The van der Waals surface area contributed by atoms with E-state index in [-0.39, 0.29) is 43.5 Å². The van der Waals surface area contributed by atoms with Gasteiger partial charge in [-0.2, -0.15) is 0 Å². The zero-order chi connectivity index (χ0) is 29.9. The number of hydrogen-bond acceptors (Lipinski definition) is 7. The number of para-hydroxylation sites is 1. The lowest BCUT2D eigenvalue weighted by Gasteiger charge is -2.26. The number of nitrogens with one attached hydrogen (secondary N) is 4. The molecule has 0 spiro atoms. The number of hydrogen-bond donors (Lipinski definition) is 4. The molecule has 11 nitrogen and oxygen atoms in total. The summed E-state index contributed by atoms with van der Waals surface area (Å²) in [7, 11) is 0. The van der Waals surface area contributed by atoms with Gasteiger partial charge in [0, 0.05) is 26.2 Å². The van der Waals surface area contributed by atoms with E-state index >= 15 is 0 Å². The molecule has 2 aliphatic heterocycles. The molecule has 2 aromatic carbocycles. The first-order valence-corrected chi connectivity index (χ1v) is 14.6. The maximum Gasteiger partial charge on any atom is 0.255 e. The topological polar surface area (TPSA) is 138 Å². The van der Waals surface area contributed by atoms with E-state index in [4.69, 9.17) is 9.47 Å². The highest BCUT2D eigenvalue weighted by molar-refractivity contribution is 6.01. The summed E-state index contributed by atoms with van der Waals surface area (Å²) in [5.74, 6) is -1.70. The summed E-state index contributed by atoms with van der Waals surface area (Å²) in [6.45, 7) is 8.48. The number of carbonyl (C=O) groups is 4. The van der Waals surface area contributed by atoms with Crippen LogP contribution in [0.25, 0.3) is 0 Å². The van der Waals surface area contributed by atoms with Gasteiger partial charge in [-0.1, -0.05) is 56.7 Å². The maximum atomic E-state index is 13.3. The Morgan fingerprint density at radius 1 is 1.00 bits per heavy atom. The molecule has 1 fully saturated rings. The first-order valence-electron chi connectivity index (χ1n) is 14.6. The smallest absolute Gasteiger partial charge is 0.255 e. The number of fused-ring (bicyclic) bond motifs is 1. The highest BCUT2D eigenvalue weighted by Gasteiger charge is 2.30. The maximum absolute atomic E-state index is 13.3. The summed E-state index contributed by atoms with van der Waals surface area (Å²) in [4.78, 5) is 54.9. The molecule has 0 radical (unpaired) electrons. The van der Waals surface area contributed by atoms with E-state index in [0.717, 1.165) is 38.4 Å². The van der Waals surface area contributed by atoms with Crippen LogP contribution in [0, 0.1) is 5.92 Å².